The summed E-state index contributed by atoms with van der Waals surface area (Å²) in [4.78, 5) is 0. The van der Waals surface area contributed by atoms with E-state index in [2.05, 4.69) is 80.6 Å². The summed E-state index contributed by atoms with van der Waals surface area (Å²) in [5, 5.41) is 0. The van der Waals surface area contributed by atoms with E-state index in [1.165, 1.54) is 33.4 Å². The Morgan fingerprint density at radius 2 is 0.875 bits per heavy atom. The summed E-state index contributed by atoms with van der Waals surface area (Å²) in [5.41, 5.74) is 8.49. The summed E-state index contributed by atoms with van der Waals surface area (Å²) < 4.78 is 0. The van der Waals surface area contributed by atoms with Crippen LogP contribution in [0.1, 0.15) is 55.4 Å². The van der Waals surface area contributed by atoms with Gasteiger partial charge in [0.1, 0.15) is 0 Å². The second kappa shape index (κ2) is 15.2. The molecule has 0 heterocycles. The molecular formula is C22H39SiTi. The minimum absolute atomic E-state index is 0. The van der Waals surface area contributed by atoms with Crippen LogP contribution in [0.4, 0.5) is 0 Å². The fraction of sp³-hybridized carbons (Fsp3) is 0.545. The van der Waals surface area contributed by atoms with E-state index in [1.807, 2.05) is 0 Å². The Balaban J connectivity index is -0.000000130. The first-order chi connectivity index (χ1) is 9.67. The van der Waals surface area contributed by atoms with E-state index in [4.69, 9.17) is 0 Å². The Hall–Kier alpha value is -0.109. The second-order valence-corrected chi connectivity index (χ2v) is 7.33. The molecule has 0 aromatic heterocycles. The van der Waals surface area contributed by atoms with Gasteiger partial charge in [0.05, 0.1) is 0 Å². The van der Waals surface area contributed by atoms with Gasteiger partial charge in [0.2, 0.25) is 0 Å². The topological polar surface area (TPSA) is 0 Å². The van der Waals surface area contributed by atoms with Crippen LogP contribution in [0.15, 0.2) is 33.4 Å². The van der Waals surface area contributed by atoms with E-state index in [1.54, 1.807) is 0 Å². The van der Waals surface area contributed by atoms with Crippen LogP contribution >= 0.6 is 0 Å². The maximum atomic E-state index is 3.36. The summed E-state index contributed by atoms with van der Waals surface area (Å²) in [6, 6.07) is 0. The Kier molecular flexibility index (Phi) is 20.0. The van der Waals surface area contributed by atoms with Crippen LogP contribution in [0.2, 0.25) is 13.1 Å². The zero-order valence-electron chi connectivity index (χ0n) is 18.2. The standard InChI is InChI=1S/2C9H13.C2H7Si.2CH3.Ti/c2*1-6-5-7(2)9(4)8(6)3;1-3-2;;;/h2*6H,1-4H3;3H,1-2H3;2*1H3;/q2*-1;;2*-1;+4. The number of hydrogen-bond acceptors (Lipinski definition) is 0. The van der Waals surface area contributed by atoms with Crippen LogP contribution < -0.4 is 0 Å². The number of allylic oxidation sites excluding steroid dienone is 8. The van der Waals surface area contributed by atoms with Crippen LogP contribution in [0.3, 0.4) is 0 Å². The van der Waals surface area contributed by atoms with Gasteiger partial charge < -0.3 is 14.9 Å². The Labute approximate surface area is 171 Å². The molecule has 0 bridgehead atoms. The van der Waals surface area contributed by atoms with Gasteiger partial charge in [0.15, 0.2) is 0 Å². The number of rotatable bonds is 0. The zero-order valence-corrected chi connectivity index (χ0v) is 20.9. The molecular weight excluding hydrogens is 340 g/mol. The van der Waals surface area contributed by atoms with Gasteiger partial charge in [-0.2, -0.15) is 22.3 Å². The first-order valence-electron chi connectivity index (χ1n) is 7.96. The maximum absolute atomic E-state index is 3.36. The zero-order chi connectivity index (χ0) is 16.7. The Morgan fingerprint density at radius 1 is 0.667 bits per heavy atom. The molecule has 0 fully saturated rings. The monoisotopic (exact) mass is 379 g/mol. The summed E-state index contributed by atoms with van der Waals surface area (Å²) in [7, 11) is 0.750. The van der Waals surface area contributed by atoms with E-state index < -0.39 is 0 Å². The van der Waals surface area contributed by atoms with Crippen molar-refractivity contribution in [2.45, 2.75) is 68.5 Å². The second-order valence-electron chi connectivity index (χ2n) is 6.18. The third-order valence-electron chi connectivity index (χ3n) is 4.47. The molecule has 2 unspecified atom stereocenters. The fourth-order valence-corrected chi connectivity index (χ4v) is 2.32. The largest absolute Gasteiger partial charge is 4.00 e. The van der Waals surface area contributed by atoms with Gasteiger partial charge in [-0.05, 0) is 0 Å². The van der Waals surface area contributed by atoms with E-state index >= 15 is 0 Å². The van der Waals surface area contributed by atoms with E-state index in [-0.39, 0.29) is 36.6 Å². The molecule has 2 atom stereocenters. The normalized spacial score (nSPS) is 21.1. The van der Waals surface area contributed by atoms with Gasteiger partial charge >= 0.3 is 21.7 Å². The van der Waals surface area contributed by atoms with Crippen LogP contribution in [0.25, 0.3) is 0 Å². The van der Waals surface area contributed by atoms with Gasteiger partial charge in [-0.1, -0.05) is 66.5 Å². The van der Waals surface area contributed by atoms with Gasteiger partial charge in [0.25, 0.3) is 0 Å². The first-order valence-corrected chi connectivity index (χ1v) is 10.3. The van der Waals surface area contributed by atoms with Crippen molar-refractivity contribution in [3.63, 3.8) is 0 Å². The van der Waals surface area contributed by atoms with Gasteiger partial charge in [-0.25, -0.2) is 11.1 Å². The minimum Gasteiger partial charge on any atom is -0.358 e. The molecule has 2 rings (SSSR count). The molecule has 0 aromatic rings. The van der Waals surface area contributed by atoms with Gasteiger partial charge in [-0.15, -0.1) is 13.8 Å². The predicted molar refractivity (Wildman–Crippen MR) is 112 cm³/mol. The molecule has 1 radical (unpaired) electrons. The quantitative estimate of drug-likeness (QED) is 0.318. The molecule has 2 heteroatoms. The molecule has 0 N–H and O–H groups in total. The van der Waals surface area contributed by atoms with E-state index in [9.17, 15) is 0 Å². The van der Waals surface area contributed by atoms with Crippen molar-refractivity contribution >= 4 is 9.52 Å². The van der Waals surface area contributed by atoms with Crippen molar-refractivity contribution in [2.24, 2.45) is 11.8 Å². The van der Waals surface area contributed by atoms with Crippen LogP contribution in [-0.2, 0) is 21.7 Å². The number of hydrogen-bond donors (Lipinski definition) is 0. The molecule has 0 spiro atoms. The summed E-state index contributed by atoms with van der Waals surface area (Å²) in [6.45, 7) is 21.8. The van der Waals surface area contributed by atoms with Crippen molar-refractivity contribution in [1.29, 1.82) is 0 Å². The van der Waals surface area contributed by atoms with Crippen molar-refractivity contribution in [2.75, 3.05) is 0 Å². The average Bonchev–Trinajstić information content (AvgIpc) is 2.77. The molecule has 0 saturated heterocycles. The minimum atomic E-state index is 0. The average molecular weight is 380 g/mol. The summed E-state index contributed by atoms with van der Waals surface area (Å²) in [5.74, 6) is 1.12. The third kappa shape index (κ3) is 9.39. The van der Waals surface area contributed by atoms with Crippen molar-refractivity contribution < 1.29 is 21.7 Å². The van der Waals surface area contributed by atoms with E-state index in [0.29, 0.717) is 11.8 Å². The van der Waals surface area contributed by atoms with Crippen molar-refractivity contribution in [3.05, 3.63) is 60.4 Å². The van der Waals surface area contributed by atoms with Gasteiger partial charge in [0, 0.05) is 9.52 Å². The first kappa shape index (κ1) is 31.6. The maximum Gasteiger partial charge on any atom is 4.00 e. The molecule has 0 amide bonds. The molecule has 0 nitrogen and oxygen atoms in total. The molecule has 24 heavy (non-hydrogen) atoms. The molecule has 2 aliphatic carbocycles. The fourth-order valence-electron chi connectivity index (χ4n) is 2.32. The molecule has 0 aromatic carbocycles. The summed E-state index contributed by atoms with van der Waals surface area (Å²) >= 11 is 0. The van der Waals surface area contributed by atoms with Crippen LogP contribution in [0, 0.1) is 38.8 Å². The smallest absolute Gasteiger partial charge is 0.358 e. The van der Waals surface area contributed by atoms with Crippen molar-refractivity contribution in [1.82, 2.24) is 0 Å². The van der Waals surface area contributed by atoms with E-state index in [0.717, 1.165) is 9.52 Å². The SMILES string of the molecule is CC1=[C-]C(C)C(C)=C1C.CC1=[C-]C(C)C(C)=C1C.C[SiH]C.[CH3-].[CH3-].[Ti+4]. The molecule has 135 valence electrons. The molecule has 2 aliphatic rings. The summed E-state index contributed by atoms with van der Waals surface area (Å²) in [6.07, 6.45) is 6.72. The van der Waals surface area contributed by atoms with Crippen LogP contribution in [0.5, 0.6) is 0 Å². The Bertz CT molecular complexity index is 434. The van der Waals surface area contributed by atoms with Crippen LogP contribution in [-0.4, -0.2) is 9.52 Å². The third-order valence-corrected chi connectivity index (χ3v) is 4.47. The van der Waals surface area contributed by atoms with Gasteiger partial charge in [-0.3, -0.25) is 12.2 Å². The van der Waals surface area contributed by atoms with Crippen molar-refractivity contribution in [3.8, 4) is 0 Å². The Morgan fingerprint density at radius 3 is 0.917 bits per heavy atom. The molecule has 0 aliphatic heterocycles. The molecule has 0 saturated carbocycles. The predicted octanol–water partition coefficient (Wildman–Crippen LogP) is 6.86.